The summed E-state index contributed by atoms with van der Waals surface area (Å²) in [5.41, 5.74) is 0.964. The van der Waals surface area contributed by atoms with E-state index in [2.05, 4.69) is 34.2 Å². The first-order valence-electron chi connectivity index (χ1n) is 5.94. The molecular formula is C14H15BrFNS. The zero-order chi connectivity index (χ0) is 13.0. The first-order valence-corrected chi connectivity index (χ1v) is 7.61. The van der Waals surface area contributed by atoms with E-state index in [1.165, 1.54) is 4.88 Å². The molecule has 0 saturated heterocycles. The summed E-state index contributed by atoms with van der Waals surface area (Å²) < 4.78 is 14.1. The van der Waals surface area contributed by atoms with E-state index >= 15 is 0 Å². The molecule has 2 aromatic rings. The van der Waals surface area contributed by atoms with Gasteiger partial charge in [-0.15, -0.1) is 11.3 Å². The van der Waals surface area contributed by atoms with E-state index in [-0.39, 0.29) is 11.9 Å². The summed E-state index contributed by atoms with van der Waals surface area (Å²) in [6.07, 6.45) is 1.06. The summed E-state index contributed by atoms with van der Waals surface area (Å²) >= 11 is 4.88. The highest BCUT2D eigenvalue weighted by atomic mass is 79.9. The molecule has 1 N–H and O–H groups in total. The van der Waals surface area contributed by atoms with Crippen molar-refractivity contribution < 1.29 is 4.39 Å². The Morgan fingerprint density at radius 2 is 2.22 bits per heavy atom. The third-order valence-corrected chi connectivity index (χ3v) is 4.28. The van der Waals surface area contributed by atoms with Gasteiger partial charge in [-0.1, -0.05) is 19.1 Å². The van der Waals surface area contributed by atoms with Gasteiger partial charge in [0.05, 0.1) is 10.5 Å². The highest BCUT2D eigenvalue weighted by Gasteiger charge is 2.15. The van der Waals surface area contributed by atoms with Gasteiger partial charge in [0.15, 0.2) is 0 Å². The van der Waals surface area contributed by atoms with E-state index in [1.54, 1.807) is 23.5 Å². The van der Waals surface area contributed by atoms with Crippen molar-refractivity contribution in [2.75, 3.05) is 6.54 Å². The maximum atomic E-state index is 13.6. The molecule has 1 unspecified atom stereocenters. The molecule has 0 aliphatic rings. The monoisotopic (exact) mass is 327 g/mol. The van der Waals surface area contributed by atoms with Crippen molar-refractivity contribution in [3.8, 4) is 0 Å². The van der Waals surface area contributed by atoms with Crippen LogP contribution in [0, 0.1) is 5.82 Å². The number of hydrogen-bond acceptors (Lipinski definition) is 2. The Balaban J connectivity index is 2.30. The highest BCUT2D eigenvalue weighted by Crippen LogP contribution is 2.28. The number of rotatable bonds is 5. The zero-order valence-corrected chi connectivity index (χ0v) is 12.5. The fraction of sp³-hybridized carbons (Fsp3) is 0.286. The second-order valence-corrected chi connectivity index (χ2v) is 5.91. The van der Waals surface area contributed by atoms with E-state index in [0.717, 1.165) is 18.5 Å². The van der Waals surface area contributed by atoms with Crippen molar-refractivity contribution in [1.29, 1.82) is 0 Å². The summed E-state index contributed by atoms with van der Waals surface area (Å²) in [5, 5.41) is 5.51. The molecule has 2 rings (SSSR count). The molecule has 1 atom stereocenters. The molecule has 0 spiro atoms. The van der Waals surface area contributed by atoms with Crippen LogP contribution in [0.15, 0.2) is 40.2 Å². The minimum Gasteiger partial charge on any atom is -0.306 e. The van der Waals surface area contributed by atoms with E-state index in [0.29, 0.717) is 4.47 Å². The lowest BCUT2D eigenvalue weighted by Crippen LogP contribution is -2.22. The van der Waals surface area contributed by atoms with Gasteiger partial charge < -0.3 is 5.32 Å². The standard InChI is InChI=1S/C14H15BrFNS/c1-2-7-17-14(13-4-3-8-18-13)10-5-6-11(15)12(16)9-10/h3-6,8-9,14,17H,2,7H2,1H3. The lowest BCUT2D eigenvalue weighted by Gasteiger charge is -2.18. The second kappa shape index (κ2) is 6.45. The number of thiophene rings is 1. The SMILES string of the molecule is CCCNC(c1ccc(Br)c(F)c1)c1cccs1. The van der Waals surface area contributed by atoms with Crippen LogP contribution in [0.4, 0.5) is 4.39 Å². The van der Waals surface area contributed by atoms with Crippen molar-refractivity contribution in [1.82, 2.24) is 5.32 Å². The molecule has 0 bridgehead atoms. The topological polar surface area (TPSA) is 12.0 Å². The number of nitrogens with one attached hydrogen (secondary N) is 1. The van der Waals surface area contributed by atoms with Gasteiger partial charge in [0.1, 0.15) is 5.82 Å². The maximum absolute atomic E-state index is 13.6. The van der Waals surface area contributed by atoms with Crippen molar-refractivity contribution in [3.63, 3.8) is 0 Å². The van der Waals surface area contributed by atoms with Crippen LogP contribution in [0.3, 0.4) is 0 Å². The van der Waals surface area contributed by atoms with Gasteiger partial charge in [0, 0.05) is 4.88 Å². The van der Waals surface area contributed by atoms with Crippen molar-refractivity contribution in [2.24, 2.45) is 0 Å². The van der Waals surface area contributed by atoms with Gasteiger partial charge in [-0.25, -0.2) is 4.39 Å². The van der Waals surface area contributed by atoms with Crippen molar-refractivity contribution >= 4 is 27.3 Å². The minimum absolute atomic E-state index is 0.0764. The Morgan fingerprint density at radius 1 is 1.39 bits per heavy atom. The fourth-order valence-electron chi connectivity index (χ4n) is 1.82. The summed E-state index contributed by atoms with van der Waals surface area (Å²) in [5.74, 6) is -0.215. The molecule has 1 nitrogen and oxygen atoms in total. The molecule has 0 radical (unpaired) electrons. The van der Waals surface area contributed by atoms with Crippen LogP contribution in [0.2, 0.25) is 0 Å². The lowest BCUT2D eigenvalue weighted by molar-refractivity contribution is 0.588. The molecule has 0 saturated carbocycles. The quantitative estimate of drug-likeness (QED) is 0.836. The summed E-state index contributed by atoms with van der Waals surface area (Å²) in [4.78, 5) is 1.21. The van der Waals surface area contributed by atoms with Gasteiger partial charge in [-0.2, -0.15) is 0 Å². The molecule has 1 heterocycles. The first-order chi connectivity index (χ1) is 8.72. The molecule has 1 aromatic heterocycles. The third-order valence-electron chi connectivity index (χ3n) is 2.70. The Morgan fingerprint density at radius 3 is 2.83 bits per heavy atom. The predicted octanol–water partition coefficient (Wildman–Crippen LogP) is 4.74. The molecule has 0 aliphatic carbocycles. The Labute approximate surface area is 119 Å². The van der Waals surface area contributed by atoms with Crippen LogP contribution >= 0.6 is 27.3 Å². The van der Waals surface area contributed by atoms with E-state index in [1.807, 2.05) is 17.5 Å². The van der Waals surface area contributed by atoms with E-state index < -0.39 is 0 Å². The van der Waals surface area contributed by atoms with E-state index in [9.17, 15) is 4.39 Å². The van der Waals surface area contributed by atoms with Crippen LogP contribution in [0.25, 0.3) is 0 Å². The maximum Gasteiger partial charge on any atom is 0.137 e. The van der Waals surface area contributed by atoms with Crippen LogP contribution in [0.1, 0.15) is 29.8 Å². The van der Waals surface area contributed by atoms with Gasteiger partial charge in [0.2, 0.25) is 0 Å². The highest BCUT2D eigenvalue weighted by molar-refractivity contribution is 9.10. The zero-order valence-electron chi connectivity index (χ0n) is 10.1. The molecule has 0 aliphatic heterocycles. The molecule has 18 heavy (non-hydrogen) atoms. The number of benzene rings is 1. The van der Waals surface area contributed by atoms with Crippen molar-refractivity contribution in [2.45, 2.75) is 19.4 Å². The number of hydrogen-bond donors (Lipinski definition) is 1. The van der Waals surface area contributed by atoms with Crippen LogP contribution in [-0.2, 0) is 0 Å². The average Bonchev–Trinajstić information content (AvgIpc) is 2.88. The van der Waals surface area contributed by atoms with Gasteiger partial charge in [-0.05, 0) is 58.0 Å². The van der Waals surface area contributed by atoms with Gasteiger partial charge in [-0.3, -0.25) is 0 Å². The molecule has 96 valence electrons. The Bertz CT molecular complexity index is 499. The number of halogens is 2. The molecule has 1 aromatic carbocycles. The molecule has 4 heteroatoms. The lowest BCUT2D eigenvalue weighted by atomic mass is 10.1. The summed E-state index contributed by atoms with van der Waals surface area (Å²) in [7, 11) is 0. The largest absolute Gasteiger partial charge is 0.306 e. The minimum atomic E-state index is -0.215. The predicted molar refractivity (Wildman–Crippen MR) is 78.6 cm³/mol. The van der Waals surface area contributed by atoms with Crippen LogP contribution < -0.4 is 5.32 Å². The Kier molecular flexibility index (Phi) is 4.92. The van der Waals surface area contributed by atoms with Gasteiger partial charge >= 0.3 is 0 Å². The van der Waals surface area contributed by atoms with Crippen LogP contribution in [0.5, 0.6) is 0 Å². The second-order valence-electron chi connectivity index (χ2n) is 4.08. The van der Waals surface area contributed by atoms with Crippen LogP contribution in [-0.4, -0.2) is 6.54 Å². The smallest absolute Gasteiger partial charge is 0.137 e. The molecular weight excluding hydrogens is 313 g/mol. The molecule has 0 amide bonds. The van der Waals surface area contributed by atoms with E-state index in [4.69, 9.17) is 0 Å². The average molecular weight is 328 g/mol. The molecule has 0 fully saturated rings. The normalized spacial score (nSPS) is 12.6. The fourth-order valence-corrected chi connectivity index (χ4v) is 2.89. The summed E-state index contributed by atoms with van der Waals surface area (Å²) in [6, 6.07) is 9.50. The Hall–Kier alpha value is -0.710. The van der Waals surface area contributed by atoms with Crippen molar-refractivity contribution in [3.05, 3.63) is 56.4 Å². The van der Waals surface area contributed by atoms with Gasteiger partial charge in [0.25, 0.3) is 0 Å². The summed E-state index contributed by atoms with van der Waals surface area (Å²) in [6.45, 7) is 3.04. The first kappa shape index (κ1) is 13.7. The third kappa shape index (κ3) is 3.19.